The van der Waals surface area contributed by atoms with Gasteiger partial charge in [0.1, 0.15) is 0 Å². The van der Waals surface area contributed by atoms with Gasteiger partial charge < -0.3 is 5.73 Å². The summed E-state index contributed by atoms with van der Waals surface area (Å²) in [6.07, 6.45) is 5.13. The molecule has 0 radical (unpaired) electrons. The van der Waals surface area contributed by atoms with Gasteiger partial charge in [-0.05, 0) is 24.8 Å². The van der Waals surface area contributed by atoms with Crippen molar-refractivity contribution < 1.29 is 0 Å². The third-order valence-electron chi connectivity index (χ3n) is 2.47. The molecule has 76 valence electrons. The Morgan fingerprint density at radius 3 is 2.50 bits per heavy atom. The normalized spacial score (nSPS) is 15.6. The number of hydrogen-bond donors (Lipinski definition) is 1. The minimum atomic E-state index is 0.167. The van der Waals surface area contributed by atoms with Crippen molar-refractivity contribution in [2.24, 2.45) is 11.7 Å². The van der Waals surface area contributed by atoms with Gasteiger partial charge in [-0.1, -0.05) is 49.4 Å². The van der Waals surface area contributed by atoms with Crippen LogP contribution < -0.4 is 5.73 Å². The molecular formula is C13H19N. The van der Waals surface area contributed by atoms with Gasteiger partial charge in [0.2, 0.25) is 0 Å². The summed E-state index contributed by atoms with van der Waals surface area (Å²) in [5.41, 5.74) is 7.35. The summed E-state index contributed by atoms with van der Waals surface area (Å²) < 4.78 is 0. The van der Waals surface area contributed by atoms with Crippen molar-refractivity contribution >= 4 is 0 Å². The maximum atomic E-state index is 5.99. The minimum Gasteiger partial charge on any atom is -0.324 e. The second-order valence-electron chi connectivity index (χ2n) is 3.77. The fourth-order valence-corrected chi connectivity index (χ4v) is 1.53. The van der Waals surface area contributed by atoms with Crippen LogP contribution in [0.1, 0.15) is 19.4 Å². The first-order valence-electron chi connectivity index (χ1n) is 5.16. The van der Waals surface area contributed by atoms with Gasteiger partial charge in [-0.3, -0.25) is 0 Å². The molecule has 2 unspecified atom stereocenters. The van der Waals surface area contributed by atoms with E-state index in [4.69, 9.17) is 5.73 Å². The largest absolute Gasteiger partial charge is 0.324 e. The van der Waals surface area contributed by atoms with Gasteiger partial charge in [0, 0.05) is 6.04 Å². The Labute approximate surface area is 86.6 Å². The third kappa shape index (κ3) is 3.35. The third-order valence-corrected chi connectivity index (χ3v) is 2.47. The van der Waals surface area contributed by atoms with Gasteiger partial charge in [0.25, 0.3) is 0 Å². The van der Waals surface area contributed by atoms with Crippen LogP contribution in [0.15, 0.2) is 42.5 Å². The Morgan fingerprint density at radius 1 is 1.29 bits per heavy atom. The molecule has 14 heavy (non-hydrogen) atoms. The Hall–Kier alpha value is -1.08. The van der Waals surface area contributed by atoms with Crippen LogP contribution in [0.4, 0.5) is 0 Å². The molecule has 1 heteroatoms. The van der Waals surface area contributed by atoms with Crippen molar-refractivity contribution in [3.8, 4) is 0 Å². The predicted octanol–water partition coefficient (Wildman–Crippen LogP) is 2.77. The highest BCUT2D eigenvalue weighted by atomic mass is 14.6. The molecule has 1 nitrogen and oxygen atoms in total. The Bertz CT molecular complexity index is 277. The number of nitrogens with two attached hydrogens (primary N) is 1. The summed E-state index contributed by atoms with van der Waals surface area (Å²) in [6, 6.07) is 10.7. The summed E-state index contributed by atoms with van der Waals surface area (Å²) in [7, 11) is 0. The zero-order valence-corrected chi connectivity index (χ0v) is 8.98. The van der Waals surface area contributed by atoms with E-state index in [1.54, 1.807) is 0 Å². The monoisotopic (exact) mass is 189 g/mol. The second-order valence-corrected chi connectivity index (χ2v) is 3.77. The lowest BCUT2D eigenvalue weighted by Crippen LogP contribution is -2.27. The van der Waals surface area contributed by atoms with E-state index in [2.05, 4.69) is 37.3 Å². The molecule has 0 bridgehead atoms. The molecule has 0 heterocycles. The average Bonchev–Trinajstić information content (AvgIpc) is 2.19. The van der Waals surface area contributed by atoms with Crippen LogP contribution in [0.2, 0.25) is 0 Å². The lowest BCUT2D eigenvalue weighted by atomic mass is 9.94. The van der Waals surface area contributed by atoms with Crippen LogP contribution >= 0.6 is 0 Å². The number of rotatable bonds is 4. The van der Waals surface area contributed by atoms with Crippen LogP contribution in [0.5, 0.6) is 0 Å². The maximum Gasteiger partial charge on any atom is 0.0252 e. The fourth-order valence-electron chi connectivity index (χ4n) is 1.53. The van der Waals surface area contributed by atoms with E-state index in [1.807, 2.05) is 19.1 Å². The smallest absolute Gasteiger partial charge is 0.0252 e. The zero-order chi connectivity index (χ0) is 10.4. The van der Waals surface area contributed by atoms with Gasteiger partial charge in [0.15, 0.2) is 0 Å². The predicted molar refractivity (Wildman–Crippen MR) is 62.1 cm³/mol. The fraction of sp³-hybridized carbons (Fsp3) is 0.385. The molecule has 0 aromatic heterocycles. The van der Waals surface area contributed by atoms with Crippen LogP contribution in [0.25, 0.3) is 0 Å². The molecule has 0 aliphatic carbocycles. The highest BCUT2D eigenvalue weighted by Crippen LogP contribution is 2.11. The van der Waals surface area contributed by atoms with Crippen LogP contribution in [-0.2, 0) is 6.42 Å². The van der Waals surface area contributed by atoms with Gasteiger partial charge >= 0.3 is 0 Å². The van der Waals surface area contributed by atoms with Crippen LogP contribution in [0.3, 0.4) is 0 Å². The molecular weight excluding hydrogens is 170 g/mol. The lowest BCUT2D eigenvalue weighted by molar-refractivity contribution is 0.516. The quantitative estimate of drug-likeness (QED) is 0.724. The zero-order valence-electron chi connectivity index (χ0n) is 8.98. The summed E-state index contributed by atoms with van der Waals surface area (Å²) in [5.74, 6) is 0.494. The molecule has 0 aliphatic rings. The van der Waals surface area contributed by atoms with Gasteiger partial charge in [-0.25, -0.2) is 0 Å². The van der Waals surface area contributed by atoms with E-state index in [0.717, 1.165) is 6.42 Å². The van der Waals surface area contributed by atoms with E-state index in [1.165, 1.54) is 5.56 Å². The summed E-state index contributed by atoms with van der Waals surface area (Å²) in [5, 5.41) is 0. The first-order valence-corrected chi connectivity index (χ1v) is 5.16. The van der Waals surface area contributed by atoms with Gasteiger partial charge in [0.05, 0.1) is 0 Å². The Morgan fingerprint density at radius 2 is 1.93 bits per heavy atom. The molecule has 1 aromatic rings. The van der Waals surface area contributed by atoms with Crippen LogP contribution in [0, 0.1) is 5.92 Å². The van der Waals surface area contributed by atoms with Crippen molar-refractivity contribution in [2.75, 3.05) is 0 Å². The number of hydrogen-bond acceptors (Lipinski definition) is 1. The Kier molecular flexibility index (Phi) is 4.41. The topological polar surface area (TPSA) is 26.0 Å². The summed E-state index contributed by atoms with van der Waals surface area (Å²) >= 11 is 0. The molecule has 2 atom stereocenters. The van der Waals surface area contributed by atoms with Crippen LogP contribution in [-0.4, -0.2) is 6.04 Å². The second kappa shape index (κ2) is 5.61. The van der Waals surface area contributed by atoms with E-state index in [-0.39, 0.29) is 6.04 Å². The van der Waals surface area contributed by atoms with E-state index >= 15 is 0 Å². The summed E-state index contributed by atoms with van der Waals surface area (Å²) in [6.45, 7) is 4.20. The molecule has 0 amide bonds. The summed E-state index contributed by atoms with van der Waals surface area (Å²) in [4.78, 5) is 0. The Balaban J connectivity index is 2.52. The average molecular weight is 189 g/mol. The van der Waals surface area contributed by atoms with Gasteiger partial charge in [-0.2, -0.15) is 0 Å². The maximum absolute atomic E-state index is 5.99. The molecule has 0 saturated carbocycles. The van der Waals surface area contributed by atoms with Crippen molar-refractivity contribution in [1.82, 2.24) is 0 Å². The molecule has 0 fully saturated rings. The molecule has 0 spiro atoms. The number of allylic oxidation sites excluding steroid dienone is 1. The SMILES string of the molecule is CC=CC(N)C(C)Cc1ccccc1. The lowest BCUT2D eigenvalue weighted by Gasteiger charge is -2.16. The molecule has 1 rings (SSSR count). The number of benzene rings is 1. The van der Waals surface area contributed by atoms with E-state index in [9.17, 15) is 0 Å². The van der Waals surface area contributed by atoms with E-state index in [0.29, 0.717) is 5.92 Å². The first kappa shape index (κ1) is 11.0. The first-order chi connectivity index (χ1) is 6.74. The highest BCUT2D eigenvalue weighted by Gasteiger charge is 2.09. The molecule has 1 aromatic carbocycles. The molecule has 0 aliphatic heterocycles. The van der Waals surface area contributed by atoms with Crippen molar-refractivity contribution in [3.05, 3.63) is 48.0 Å². The van der Waals surface area contributed by atoms with Crippen molar-refractivity contribution in [3.63, 3.8) is 0 Å². The van der Waals surface area contributed by atoms with Gasteiger partial charge in [-0.15, -0.1) is 0 Å². The molecule has 0 saturated heterocycles. The minimum absolute atomic E-state index is 0.167. The highest BCUT2D eigenvalue weighted by molar-refractivity contribution is 5.15. The van der Waals surface area contributed by atoms with Crippen molar-refractivity contribution in [2.45, 2.75) is 26.3 Å². The van der Waals surface area contributed by atoms with E-state index < -0.39 is 0 Å². The standard InChI is InChI=1S/C13H19N/c1-3-7-13(14)11(2)10-12-8-5-4-6-9-12/h3-9,11,13H,10,14H2,1-2H3. The van der Waals surface area contributed by atoms with Crippen molar-refractivity contribution in [1.29, 1.82) is 0 Å². The molecule has 2 N–H and O–H groups in total.